The summed E-state index contributed by atoms with van der Waals surface area (Å²) < 4.78 is 5.43. The number of hydrogen-bond acceptors (Lipinski definition) is 6. The van der Waals surface area contributed by atoms with Crippen LogP contribution in [0.5, 0.6) is 0 Å². The van der Waals surface area contributed by atoms with Crippen LogP contribution in [0, 0.1) is 6.92 Å². The quantitative estimate of drug-likeness (QED) is 0.740. The van der Waals surface area contributed by atoms with E-state index in [0.717, 1.165) is 34.7 Å². The van der Waals surface area contributed by atoms with E-state index < -0.39 is 0 Å². The first-order chi connectivity index (χ1) is 12.6. The summed E-state index contributed by atoms with van der Waals surface area (Å²) in [6.07, 6.45) is 1.56. The van der Waals surface area contributed by atoms with Gasteiger partial charge in [0.25, 0.3) is 5.91 Å². The van der Waals surface area contributed by atoms with Gasteiger partial charge in [-0.15, -0.1) is 11.3 Å². The van der Waals surface area contributed by atoms with Crippen LogP contribution in [-0.2, 0) is 4.74 Å². The van der Waals surface area contributed by atoms with Gasteiger partial charge in [0.1, 0.15) is 17.0 Å². The molecule has 3 heterocycles. The number of fused-ring (bicyclic) bond motifs is 1. The molecule has 0 unspecified atom stereocenters. The van der Waals surface area contributed by atoms with Crippen LogP contribution in [-0.4, -0.2) is 42.2 Å². The molecule has 134 valence electrons. The summed E-state index contributed by atoms with van der Waals surface area (Å²) in [4.78, 5) is 25.3. The monoisotopic (exact) mass is 388 g/mol. The summed E-state index contributed by atoms with van der Waals surface area (Å²) in [5.74, 6) is 0.721. The number of nitrogens with one attached hydrogen (secondary N) is 1. The number of hydrogen-bond donors (Lipinski definition) is 1. The number of carbonyl (C=O) groups excluding carboxylic acids is 1. The van der Waals surface area contributed by atoms with Gasteiger partial charge in [0.2, 0.25) is 0 Å². The zero-order valence-electron chi connectivity index (χ0n) is 14.2. The molecule has 1 aliphatic rings. The normalized spacial score (nSPS) is 14.6. The van der Waals surface area contributed by atoms with Crippen molar-refractivity contribution < 1.29 is 9.53 Å². The second kappa shape index (κ2) is 7.19. The number of anilines is 2. The van der Waals surface area contributed by atoms with Gasteiger partial charge in [0.05, 0.1) is 23.5 Å². The third kappa shape index (κ3) is 3.25. The molecule has 3 aromatic rings. The van der Waals surface area contributed by atoms with E-state index >= 15 is 0 Å². The molecule has 1 aromatic carbocycles. The number of morpholine rings is 1. The van der Waals surface area contributed by atoms with Crippen molar-refractivity contribution in [1.82, 2.24) is 9.97 Å². The highest BCUT2D eigenvalue weighted by Crippen LogP contribution is 2.35. The molecule has 0 atom stereocenters. The molecule has 0 bridgehead atoms. The summed E-state index contributed by atoms with van der Waals surface area (Å²) in [6.45, 7) is 4.88. The Kier molecular flexibility index (Phi) is 4.76. The predicted octanol–water partition coefficient (Wildman–Crippen LogP) is 3.74. The lowest BCUT2D eigenvalue weighted by atomic mass is 10.2. The summed E-state index contributed by atoms with van der Waals surface area (Å²) >= 11 is 7.28. The Bertz CT molecular complexity index is 952. The molecule has 0 saturated carbocycles. The van der Waals surface area contributed by atoms with Gasteiger partial charge < -0.3 is 15.0 Å². The lowest BCUT2D eigenvalue weighted by molar-refractivity contribution is 0.103. The Hall–Kier alpha value is -2.22. The van der Waals surface area contributed by atoms with Crippen molar-refractivity contribution in [1.29, 1.82) is 0 Å². The van der Waals surface area contributed by atoms with Crippen LogP contribution >= 0.6 is 22.9 Å². The average Bonchev–Trinajstić information content (AvgIpc) is 3.01. The Morgan fingerprint density at radius 3 is 2.69 bits per heavy atom. The van der Waals surface area contributed by atoms with Gasteiger partial charge in [0, 0.05) is 23.8 Å². The minimum Gasteiger partial charge on any atom is -0.378 e. The molecule has 6 nitrogen and oxygen atoms in total. The molecular formula is C18H17ClN4O2S. The van der Waals surface area contributed by atoms with Gasteiger partial charge in [-0.2, -0.15) is 0 Å². The number of thiophene rings is 1. The largest absolute Gasteiger partial charge is 0.378 e. The van der Waals surface area contributed by atoms with Crippen LogP contribution in [0.4, 0.5) is 11.5 Å². The van der Waals surface area contributed by atoms with E-state index in [2.05, 4.69) is 20.2 Å². The molecule has 0 radical (unpaired) electrons. The number of amides is 1. The third-order valence-electron chi connectivity index (χ3n) is 4.33. The van der Waals surface area contributed by atoms with E-state index in [1.165, 1.54) is 11.3 Å². The lowest BCUT2D eigenvalue weighted by Gasteiger charge is -2.28. The number of halogens is 1. The smallest absolute Gasteiger partial charge is 0.266 e. The fraction of sp³-hybridized carbons (Fsp3) is 0.278. The number of rotatable bonds is 3. The SMILES string of the molecule is Cc1c(C(=O)Nc2ccc(Cl)cc2)sc2ncnc(N3CCOCC3)c12. The Morgan fingerprint density at radius 1 is 1.23 bits per heavy atom. The van der Waals surface area contributed by atoms with Crippen molar-refractivity contribution in [2.45, 2.75) is 6.92 Å². The molecule has 26 heavy (non-hydrogen) atoms. The highest BCUT2D eigenvalue weighted by molar-refractivity contribution is 7.20. The maximum Gasteiger partial charge on any atom is 0.266 e. The van der Waals surface area contributed by atoms with E-state index in [0.29, 0.717) is 28.8 Å². The van der Waals surface area contributed by atoms with Crippen LogP contribution in [0.15, 0.2) is 30.6 Å². The van der Waals surface area contributed by atoms with Gasteiger partial charge in [-0.1, -0.05) is 11.6 Å². The maximum atomic E-state index is 12.8. The van der Waals surface area contributed by atoms with Gasteiger partial charge in [-0.05, 0) is 36.8 Å². The molecule has 8 heteroatoms. The van der Waals surface area contributed by atoms with E-state index in [4.69, 9.17) is 16.3 Å². The Labute approximate surface area is 159 Å². The zero-order chi connectivity index (χ0) is 18.1. The number of ether oxygens (including phenoxy) is 1. The van der Waals surface area contributed by atoms with E-state index in [9.17, 15) is 4.79 Å². The molecule has 0 spiro atoms. The summed E-state index contributed by atoms with van der Waals surface area (Å²) in [5.41, 5.74) is 1.61. The number of nitrogens with zero attached hydrogens (tertiary/aromatic N) is 3. The van der Waals surface area contributed by atoms with E-state index in [-0.39, 0.29) is 5.91 Å². The Balaban J connectivity index is 1.68. The average molecular weight is 389 g/mol. The second-order valence-corrected chi connectivity index (χ2v) is 7.43. The highest BCUT2D eigenvalue weighted by Gasteiger charge is 2.23. The zero-order valence-corrected chi connectivity index (χ0v) is 15.7. The number of benzene rings is 1. The number of aryl methyl sites for hydroxylation is 1. The second-order valence-electron chi connectivity index (χ2n) is 5.99. The van der Waals surface area contributed by atoms with Crippen LogP contribution < -0.4 is 10.2 Å². The predicted molar refractivity (Wildman–Crippen MR) is 105 cm³/mol. The van der Waals surface area contributed by atoms with Crippen molar-refractivity contribution in [3.05, 3.63) is 46.1 Å². The molecule has 1 saturated heterocycles. The lowest BCUT2D eigenvalue weighted by Crippen LogP contribution is -2.36. The number of aromatic nitrogens is 2. The standard InChI is InChI=1S/C18H17ClN4O2S/c1-11-14-16(23-6-8-25-9-7-23)20-10-21-18(14)26-15(11)17(24)22-13-4-2-12(19)3-5-13/h2-5,10H,6-9H2,1H3,(H,22,24). The fourth-order valence-corrected chi connectivity index (χ4v) is 4.17. The van der Waals surface area contributed by atoms with Crippen LogP contribution in [0.25, 0.3) is 10.2 Å². The molecule has 1 N–H and O–H groups in total. The third-order valence-corrected chi connectivity index (χ3v) is 5.78. The van der Waals surface area contributed by atoms with Crippen molar-refractivity contribution >= 4 is 50.6 Å². The molecule has 1 fully saturated rings. The van der Waals surface area contributed by atoms with Gasteiger partial charge in [-0.25, -0.2) is 9.97 Å². The van der Waals surface area contributed by atoms with Crippen molar-refractivity contribution in [2.24, 2.45) is 0 Å². The van der Waals surface area contributed by atoms with Gasteiger partial charge in [-0.3, -0.25) is 4.79 Å². The summed E-state index contributed by atoms with van der Waals surface area (Å²) in [6, 6.07) is 7.05. The van der Waals surface area contributed by atoms with Crippen molar-refractivity contribution in [3.63, 3.8) is 0 Å². The van der Waals surface area contributed by atoms with Gasteiger partial charge >= 0.3 is 0 Å². The topological polar surface area (TPSA) is 67.4 Å². The van der Waals surface area contributed by atoms with E-state index in [1.54, 1.807) is 30.6 Å². The first-order valence-electron chi connectivity index (χ1n) is 8.27. The first-order valence-corrected chi connectivity index (χ1v) is 9.46. The van der Waals surface area contributed by atoms with E-state index in [1.807, 2.05) is 6.92 Å². The van der Waals surface area contributed by atoms with Crippen LogP contribution in [0.2, 0.25) is 5.02 Å². The molecule has 4 rings (SSSR count). The van der Waals surface area contributed by atoms with Crippen molar-refractivity contribution in [3.8, 4) is 0 Å². The highest BCUT2D eigenvalue weighted by atomic mass is 35.5. The fourth-order valence-electron chi connectivity index (χ4n) is 3.01. The van der Waals surface area contributed by atoms with Crippen LogP contribution in [0.3, 0.4) is 0 Å². The minimum atomic E-state index is -0.152. The molecular weight excluding hydrogens is 372 g/mol. The Morgan fingerprint density at radius 2 is 1.96 bits per heavy atom. The molecule has 1 amide bonds. The van der Waals surface area contributed by atoms with Gasteiger partial charge in [0.15, 0.2) is 0 Å². The molecule has 2 aromatic heterocycles. The molecule has 1 aliphatic heterocycles. The minimum absolute atomic E-state index is 0.152. The summed E-state index contributed by atoms with van der Waals surface area (Å²) in [5, 5.41) is 4.49. The first kappa shape index (κ1) is 17.2. The van der Waals surface area contributed by atoms with Crippen molar-refractivity contribution in [2.75, 3.05) is 36.5 Å². The number of carbonyl (C=O) groups is 1. The summed E-state index contributed by atoms with van der Waals surface area (Å²) in [7, 11) is 0. The maximum absolute atomic E-state index is 12.8. The molecule has 0 aliphatic carbocycles. The van der Waals surface area contributed by atoms with Crippen LogP contribution in [0.1, 0.15) is 15.2 Å².